The highest BCUT2D eigenvalue weighted by atomic mass is 35.5. The second-order valence-electron chi connectivity index (χ2n) is 16.3. The van der Waals surface area contributed by atoms with E-state index in [2.05, 4.69) is 41.6 Å². The van der Waals surface area contributed by atoms with Crippen LogP contribution in [0.3, 0.4) is 0 Å². The molecule has 0 bridgehead atoms. The maximum atomic E-state index is 13.4. The Balaban J connectivity index is 0.717. The summed E-state index contributed by atoms with van der Waals surface area (Å²) in [6.45, 7) is 5.28. The van der Waals surface area contributed by atoms with Crippen LogP contribution in [-0.2, 0) is 9.59 Å². The number of benzene rings is 2. The highest BCUT2D eigenvalue weighted by Gasteiger charge is 2.46. The van der Waals surface area contributed by atoms with E-state index in [0.717, 1.165) is 94.2 Å². The lowest BCUT2D eigenvalue weighted by atomic mass is 9.93. The third-order valence-electron chi connectivity index (χ3n) is 12.9. The van der Waals surface area contributed by atoms with E-state index in [1.54, 1.807) is 36.4 Å². The molecule has 2 unspecified atom stereocenters. The molecular weight excluding hydrogens is 762 g/mol. The molecule has 3 aromatic rings. The normalized spacial score (nSPS) is 27.3. The SMILES string of the molecule is N#Cc1ccc(O[C@H]2CC[C@H](NC(=O)c3ccc(N4CCN([C@H]5CC6CN(c7ccc8c(c7)C(=O)N(C7CCC(=O)NC7=O)C8=O)C[C@H]6C5)CC4)nn3)CC2)cc1Cl. The number of halogens is 1. The largest absolute Gasteiger partial charge is 0.490 e. The quantitative estimate of drug-likeness (QED) is 0.317. The number of hydrogen-bond donors (Lipinski definition) is 2. The van der Waals surface area contributed by atoms with E-state index >= 15 is 0 Å². The molecule has 5 fully saturated rings. The van der Waals surface area contributed by atoms with Crippen LogP contribution < -0.4 is 25.2 Å². The molecule has 4 atom stereocenters. The van der Waals surface area contributed by atoms with Crippen LogP contribution in [0.1, 0.15) is 88.1 Å². The maximum absolute atomic E-state index is 13.4. The number of amides is 5. The van der Waals surface area contributed by atoms with E-state index < -0.39 is 29.7 Å². The Kier molecular flexibility index (Phi) is 10.2. The number of nitrogens with zero attached hydrogens (tertiary/aromatic N) is 7. The van der Waals surface area contributed by atoms with Gasteiger partial charge in [-0.05, 0) is 99.2 Å². The number of nitriles is 1. The molecule has 2 N–H and O–H groups in total. The van der Waals surface area contributed by atoms with Crippen molar-refractivity contribution in [3.05, 3.63) is 75.9 Å². The van der Waals surface area contributed by atoms with Crippen LogP contribution in [-0.4, -0.2) is 113 Å². The van der Waals surface area contributed by atoms with Crippen molar-refractivity contribution >= 4 is 52.6 Å². The number of imide groups is 2. The van der Waals surface area contributed by atoms with Crippen molar-refractivity contribution in [1.82, 2.24) is 30.6 Å². The Labute approximate surface area is 340 Å². The standard InChI is InChI=1S/C42H44ClN9O6/c43-34-20-31(5-1-24(34)21-44)58-30-6-2-27(3-7-30)45-39(54)35-9-11-37(48-47-35)50-15-13-49(14-16-50)29-17-25-22-51(23-26(25)18-29)28-4-8-32-33(19-28)42(57)52(41(32)56)36-10-12-38(53)46-40(36)55/h1,4-5,8-9,11,19-20,25-27,29-30,36H,2-3,6-7,10,12-18,22-23H2,(H,45,54)(H,46,53,55)/t25-,26?,27-,29-,30-,36?/m1/s1. The van der Waals surface area contributed by atoms with Crippen molar-refractivity contribution in [3.8, 4) is 11.8 Å². The molecule has 0 radical (unpaired) electrons. The van der Waals surface area contributed by atoms with Crippen LogP contribution in [0.4, 0.5) is 11.5 Å². The van der Waals surface area contributed by atoms with Crippen molar-refractivity contribution in [2.45, 2.75) is 75.6 Å². The molecule has 2 aromatic carbocycles. The fourth-order valence-electron chi connectivity index (χ4n) is 9.80. The van der Waals surface area contributed by atoms with Gasteiger partial charge in [-0.3, -0.25) is 39.1 Å². The summed E-state index contributed by atoms with van der Waals surface area (Å²) in [6.07, 6.45) is 5.61. The first kappa shape index (κ1) is 38.0. The van der Waals surface area contributed by atoms with Gasteiger partial charge >= 0.3 is 0 Å². The van der Waals surface area contributed by atoms with Gasteiger partial charge in [0.15, 0.2) is 11.5 Å². The zero-order valence-electron chi connectivity index (χ0n) is 31.9. The minimum absolute atomic E-state index is 0.0181. The number of hydrogen-bond acceptors (Lipinski definition) is 12. The molecule has 0 spiro atoms. The summed E-state index contributed by atoms with van der Waals surface area (Å²) in [4.78, 5) is 71.8. The van der Waals surface area contributed by atoms with E-state index in [4.69, 9.17) is 21.6 Å². The van der Waals surface area contributed by atoms with E-state index in [1.807, 2.05) is 12.1 Å². The van der Waals surface area contributed by atoms with Crippen LogP contribution in [0.25, 0.3) is 0 Å². The average molecular weight is 806 g/mol. The first-order chi connectivity index (χ1) is 28.1. The fraction of sp³-hybridized carbons (Fsp3) is 0.476. The molecule has 4 aliphatic heterocycles. The molecule has 2 saturated carbocycles. The summed E-state index contributed by atoms with van der Waals surface area (Å²) >= 11 is 6.15. The minimum atomic E-state index is -0.973. The summed E-state index contributed by atoms with van der Waals surface area (Å²) in [5.41, 5.74) is 2.24. The predicted octanol–water partition coefficient (Wildman–Crippen LogP) is 3.56. The van der Waals surface area contributed by atoms with Crippen molar-refractivity contribution in [3.63, 3.8) is 0 Å². The summed E-state index contributed by atoms with van der Waals surface area (Å²) in [5, 5.41) is 23.5. The smallest absolute Gasteiger partial charge is 0.272 e. The number of fused-ring (bicyclic) bond motifs is 2. The fourth-order valence-corrected chi connectivity index (χ4v) is 10.0. The topological polar surface area (TPSA) is 181 Å². The van der Waals surface area contributed by atoms with Gasteiger partial charge in [-0.25, -0.2) is 0 Å². The van der Waals surface area contributed by atoms with E-state index in [1.165, 1.54) is 0 Å². The first-order valence-electron chi connectivity index (χ1n) is 20.2. The van der Waals surface area contributed by atoms with Gasteiger partial charge in [0.25, 0.3) is 17.7 Å². The predicted molar refractivity (Wildman–Crippen MR) is 211 cm³/mol. The lowest BCUT2D eigenvalue weighted by Crippen LogP contribution is -2.54. The molecule has 6 aliphatic rings. The second-order valence-corrected chi connectivity index (χ2v) is 16.8. The second kappa shape index (κ2) is 15.6. The van der Waals surface area contributed by atoms with Crippen LogP contribution in [0.5, 0.6) is 5.75 Å². The van der Waals surface area contributed by atoms with E-state index in [-0.39, 0.29) is 30.9 Å². The molecule has 58 heavy (non-hydrogen) atoms. The number of rotatable bonds is 8. The number of piperidine rings is 1. The Hall–Kier alpha value is -5.59. The van der Waals surface area contributed by atoms with Gasteiger partial charge in [-0.15, -0.1) is 10.2 Å². The average Bonchev–Trinajstić information content (AvgIpc) is 3.89. The summed E-state index contributed by atoms with van der Waals surface area (Å²) in [5.74, 6) is 0.293. The highest BCUT2D eigenvalue weighted by Crippen LogP contribution is 2.43. The molecule has 15 nitrogen and oxygen atoms in total. The Bertz CT molecular complexity index is 2180. The number of carbonyl (C=O) groups is 5. The number of piperazine rings is 1. The van der Waals surface area contributed by atoms with Crippen molar-refractivity contribution in [2.24, 2.45) is 11.8 Å². The zero-order valence-corrected chi connectivity index (χ0v) is 32.7. The molecule has 3 saturated heterocycles. The van der Waals surface area contributed by atoms with Gasteiger partial charge in [0.2, 0.25) is 11.8 Å². The number of anilines is 2. The summed E-state index contributed by atoms with van der Waals surface area (Å²) in [7, 11) is 0. The Morgan fingerprint density at radius 2 is 1.59 bits per heavy atom. The van der Waals surface area contributed by atoms with Crippen molar-refractivity contribution in [1.29, 1.82) is 5.26 Å². The number of aromatic nitrogens is 2. The Morgan fingerprint density at radius 3 is 2.26 bits per heavy atom. The highest BCUT2D eigenvalue weighted by molar-refractivity contribution is 6.31. The first-order valence-corrected chi connectivity index (χ1v) is 20.6. The number of nitrogens with one attached hydrogen (secondary N) is 2. The van der Waals surface area contributed by atoms with Crippen LogP contribution >= 0.6 is 11.6 Å². The van der Waals surface area contributed by atoms with Crippen LogP contribution in [0.2, 0.25) is 5.02 Å². The lowest BCUT2D eigenvalue weighted by molar-refractivity contribution is -0.136. The lowest BCUT2D eigenvalue weighted by Gasteiger charge is -2.39. The molecular formula is C42H44ClN9O6. The molecule has 5 heterocycles. The third-order valence-corrected chi connectivity index (χ3v) is 13.2. The van der Waals surface area contributed by atoms with Crippen LogP contribution in [0.15, 0.2) is 48.5 Å². The molecule has 2 aliphatic carbocycles. The third kappa shape index (κ3) is 7.35. The molecule has 1 aromatic heterocycles. The zero-order chi connectivity index (χ0) is 40.1. The molecule has 9 rings (SSSR count). The maximum Gasteiger partial charge on any atom is 0.272 e. The van der Waals surface area contributed by atoms with E-state index in [9.17, 15) is 24.0 Å². The van der Waals surface area contributed by atoms with Gasteiger partial charge in [0.05, 0.1) is 27.8 Å². The van der Waals surface area contributed by atoms with Gasteiger partial charge < -0.3 is 19.9 Å². The Morgan fingerprint density at radius 1 is 0.845 bits per heavy atom. The van der Waals surface area contributed by atoms with Gasteiger partial charge in [-0.2, -0.15) is 5.26 Å². The van der Waals surface area contributed by atoms with E-state index in [0.29, 0.717) is 51.0 Å². The summed E-state index contributed by atoms with van der Waals surface area (Å²) < 4.78 is 6.08. The van der Waals surface area contributed by atoms with Crippen molar-refractivity contribution < 1.29 is 28.7 Å². The van der Waals surface area contributed by atoms with Gasteiger partial charge in [-0.1, -0.05) is 11.6 Å². The number of carbonyl (C=O) groups excluding carboxylic acids is 5. The monoisotopic (exact) mass is 805 g/mol. The van der Waals surface area contributed by atoms with Gasteiger partial charge in [0.1, 0.15) is 17.9 Å². The molecule has 5 amide bonds. The summed E-state index contributed by atoms with van der Waals surface area (Å²) in [6, 6.07) is 15.7. The van der Waals surface area contributed by atoms with Crippen molar-refractivity contribution in [2.75, 3.05) is 49.1 Å². The van der Waals surface area contributed by atoms with Crippen LogP contribution in [0, 0.1) is 23.2 Å². The van der Waals surface area contributed by atoms with Gasteiger partial charge in [0, 0.05) is 69.5 Å². The molecule has 300 valence electrons. The number of ether oxygens (including phenoxy) is 1. The minimum Gasteiger partial charge on any atom is -0.490 e. The molecule has 16 heteroatoms.